The summed E-state index contributed by atoms with van der Waals surface area (Å²) in [6.07, 6.45) is 3.03. The number of carbonyl (C=O) groups is 1. The molecule has 3 heterocycles. The predicted octanol–water partition coefficient (Wildman–Crippen LogP) is 2.14. The number of piperidine rings is 1. The number of nitrogens with one attached hydrogen (secondary N) is 2. The molecule has 0 radical (unpaired) electrons. The van der Waals surface area contributed by atoms with E-state index in [0.717, 1.165) is 18.4 Å². The van der Waals surface area contributed by atoms with Gasteiger partial charge in [-0.1, -0.05) is 30.3 Å². The number of carbonyl (C=O) groups excluding carboxylic acids is 1. The van der Waals surface area contributed by atoms with E-state index in [2.05, 4.69) is 15.0 Å². The Balaban J connectivity index is 1.55. The van der Waals surface area contributed by atoms with Crippen LogP contribution in [0.25, 0.3) is 11.3 Å². The van der Waals surface area contributed by atoms with Crippen LogP contribution in [0.15, 0.2) is 64.4 Å². The fraction of sp³-hybridized carbons (Fsp3) is 0.238. The monoisotopic (exact) mass is 376 g/mol. The minimum atomic E-state index is -0.400. The van der Waals surface area contributed by atoms with Gasteiger partial charge in [-0.25, -0.2) is 4.98 Å². The summed E-state index contributed by atoms with van der Waals surface area (Å²) in [6, 6.07) is 14.3. The Labute approximate surface area is 161 Å². The molecular weight excluding hydrogens is 356 g/mol. The van der Waals surface area contributed by atoms with Crippen LogP contribution in [-0.2, 0) is 0 Å². The van der Waals surface area contributed by atoms with E-state index in [0.29, 0.717) is 24.5 Å². The average Bonchev–Trinajstić information content (AvgIpc) is 2.74. The van der Waals surface area contributed by atoms with Gasteiger partial charge in [-0.3, -0.25) is 14.4 Å². The number of rotatable bonds is 3. The molecule has 7 nitrogen and oxygen atoms in total. The van der Waals surface area contributed by atoms with Gasteiger partial charge >= 0.3 is 0 Å². The summed E-state index contributed by atoms with van der Waals surface area (Å²) in [5.41, 5.74) is 1.75. The maximum Gasteiger partial charge on any atom is 0.261 e. The fourth-order valence-electron chi connectivity index (χ4n) is 3.61. The molecule has 1 atom stereocenters. The lowest BCUT2D eigenvalue weighted by Gasteiger charge is -2.32. The molecule has 28 heavy (non-hydrogen) atoms. The van der Waals surface area contributed by atoms with Gasteiger partial charge in [0.1, 0.15) is 5.56 Å². The van der Waals surface area contributed by atoms with Crippen molar-refractivity contribution >= 4 is 5.91 Å². The largest absolute Gasteiger partial charge is 0.338 e. The summed E-state index contributed by atoms with van der Waals surface area (Å²) in [4.78, 5) is 48.2. The summed E-state index contributed by atoms with van der Waals surface area (Å²) in [7, 11) is 0. The number of nitrogens with zero attached hydrogens (tertiary/aromatic N) is 2. The van der Waals surface area contributed by atoms with Crippen molar-refractivity contribution in [1.82, 2.24) is 19.9 Å². The highest BCUT2D eigenvalue weighted by molar-refractivity contribution is 5.94. The highest BCUT2D eigenvalue weighted by Gasteiger charge is 2.27. The van der Waals surface area contributed by atoms with Gasteiger partial charge in [0.05, 0.1) is 12.0 Å². The summed E-state index contributed by atoms with van der Waals surface area (Å²) < 4.78 is 0. The first-order valence-corrected chi connectivity index (χ1v) is 9.24. The molecule has 7 heteroatoms. The van der Waals surface area contributed by atoms with Crippen LogP contribution in [0.3, 0.4) is 0 Å². The molecule has 0 saturated carbocycles. The topological polar surface area (TPSA) is 98.9 Å². The molecule has 1 aliphatic heterocycles. The van der Waals surface area contributed by atoms with E-state index in [-0.39, 0.29) is 22.9 Å². The van der Waals surface area contributed by atoms with Crippen LogP contribution in [0, 0.1) is 0 Å². The smallest absolute Gasteiger partial charge is 0.261 e. The molecule has 3 aromatic rings. The van der Waals surface area contributed by atoms with Gasteiger partial charge in [0.15, 0.2) is 0 Å². The first-order valence-electron chi connectivity index (χ1n) is 9.24. The first kappa shape index (κ1) is 17.9. The van der Waals surface area contributed by atoms with Gasteiger partial charge < -0.3 is 14.9 Å². The van der Waals surface area contributed by atoms with Gasteiger partial charge in [-0.05, 0) is 30.5 Å². The van der Waals surface area contributed by atoms with Crippen molar-refractivity contribution in [3.63, 3.8) is 0 Å². The van der Waals surface area contributed by atoms with E-state index in [1.165, 1.54) is 12.4 Å². The standard InChI is InChI=1S/C21H20N4O3/c26-19-11-18(22-13-23-19)15-7-4-10-25(12-15)21(28)16-8-9-17(24-20(16)27)14-5-2-1-3-6-14/h1-3,5-6,8-9,11,13,15H,4,7,10,12H2,(H,24,27)(H,22,23,26)/t15-/m1/s1. The summed E-state index contributed by atoms with van der Waals surface area (Å²) in [5, 5.41) is 0. The zero-order valence-corrected chi connectivity index (χ0v) is 15.2. The highest BCUT2D eigenvalue weighted by atomic mass is 16.2. The minimum Gasteiger partial charge on any atom is -0.338 e. The Bertz CT molecular complexity index is 1100. The molecule has 0 aliphatic carbocycles. The number of hydrogen-bond donors (Lipinski definition) is 2. The lowest BCUT2D eigenvalue weighted by atomic mass is 9.94. The van der Waals surface area contributed by atoms with E-state index in [9.17, 15) is 14.4 Å². The van der Waals surface area contributed by atoms with Gasteiger partial charge in [-0.2, -0.15) is 0 Å². The summed E-state index contributed by atoms with van der Waals surface area (Å²) >= 11 is 0. The van der Waals surface area contributed by atoms with Crippen LogP contribution < -0.4 is 11.1 Å². The second-order valence-electron chi connectivity index (χ2n) is 6.91. The molecule has 0 spiro atoms. The van der Waals surface area contributed by atoms with Crippen molar-refractivity contribution < 1.29 is 4.79 Å². The molecule has 4 rings (SSSR count). The van der Waals surface area contributed by atoms with Crippen LogP contribution in [0.1, 0.15) is 34.8 Å². The van der Waals surface area contributed by atoms with Crippen LogP contribution in [-0.4, -0.2) is 38.8 Å². The Kier molecular flexibility index (Phi) is 4.89. The zero-order chi connectivity index (χ0) is 19.5. The molecule has 2 N–H and O–H groups in total. The number of amides is 1. The third-order valence-electron chi connectivity index (χ3n) is 5.05. The SMILES string of the molecule is O=C(c1ccc(-c2ccccc2)[nH]c1=O)N1CCC[C@@H](c2cc(=O)[nH]cn2)C1. The second kappa shape index (κ2) is 7.64. The number of benzene rings is 1. The minimum absolute atomic E-state index is 0.0114. The molecule has 0 unspecified atom stereocenters. The molecular formula is C21H20N4O3. The molecule has 1 amide bonds. The van der Waals surface area contributed by atoms with Gasteiger partial charge in [0.2, 0.25) is 0 Å². The summed E-state index contributed by atoms with van der Waals surface area (Å²) in [6.45, 7) is 1.02. The molecule has 1 aliphatic rings. The Morgan fingerprint density at radius 3 is 2.68 bits per heavy atom. The lowest BCUT2D eigenvalue weighted by molar-refractivity contribution is 0.0704. The highest BCUT2D eigenvalue weighted by Crippen LogP contribution is 2.25. The first-order chi connectivity index (χ1) is 13.6. The summed E-state index contributed by atoms with van der Waals surface area (Å²) in [5.74, 6) is -0.307. The normalized spacial score (nSPS) is 16.7. The van der Waals surface area contributed by atoms with Crippen LogP contribution in [0.2, 0.25) is 0 Å². The average molecular weight is 376 g/mol. The maximum atomic E-state index is 12.9. The van der Waals surface area contributed by atoms with Crippen molar-refractivity contribution in [3.05, 3.63) is 86.8 Å². The van der Waals surface area contributed by atoms with Crippen molar-refractivity contribution in [1.29, 1.82) is 0 Å². The van der Waals surface area contributed by atoms with Crippen molar-refractivity contribution in [3.8, 4) is 11.3 Å². The Morgan fingerprint density at radius 2 is 1.93 bits per heavy atom. The van der Waals surface area contributed by atoms with E-state index in [1.807, 2.05) is 30.3 Å². The van der Waals surface area contributed by atoms with Crippen LogP contribution in [0.5, 0.6) is 0 Å². The van der Waals surface area contributed by atoms with Crippen molar-refractivity contribution in [2.24, 2.45) is 0 Å². The Morgan fingerprint density at radius 1 is 1.11 bits per heavy atom. The van der Waals surface area contributed by atoms with E-state index < -0.39 is 5.56 Å². The van der Waals surface area contributed by atoms with Crippen LogP contribution in [0.4, 0.5) is 0 Å². The lowest BCUT2D eigenvalue weighted by Crippen LogP contribution is -2.41. The van der Waals surface area contributed by atoms with E-state index in [4.69, 9.17) is 0 Å². The number of aromatic nitrogens is 3. The molecule has 1 fully saturated rings. The second-order valence-corrected chi connectivity index (χ2v) is 6.91. The van der Waals surface area contributed by atoms with Gasteiger partial charge in [-0.15, -0.1) is 0 Å². The van der Waals surface area contributed by atoms with Crippen LogP contribution >= 0.6 is 0 Å². The quantitative estimate of drug-likeness (QED) is 0.732. The van der Waals surface area contributed by atoms with Gasteiger partial charge in [0.25, 0.3) is 17.0 Å². The Hall–Kier alpha value is -3.48. The number of likely N-dealkylation sites (tertiary alicyclic amines) is 1. The zero-order valence-electron chi connectivity index (χ0n) is 15.2. The molecule has 142 valence electrons. The van der Waals surface area contributed by atoms with Crippen molar-refractivity contribution in [2.75, 3.05) is 13.1 Å². The third-order valence-corrected chi connectivity index (χ3v) is 5.05. The number of H-pyrrole nitrogens is 2. The molecule has 0 bridgehead atoms. The van der Waals surface area contributed by atoms with E-state index >= 15 is 0 Å². The molecule has 1 saturated heterocycles. The number of hydrogen-bond acceptors (Lipinski definition) is 4. The van der Waals surface area contributed by atoms with Crippen molar-refractivity contribution in [2.45, 2.75) is 18.8 Å². The number of aromatic amines is 2. The molecule has 2 aromatic heterocycles. The van der Waals surface area contributed by atoms with E-state index in [1.54, 1.807) is 17.0 Å². The third kappa shape index (κ3) is 3.64. The van der Waals surface area contributed by atoms with Gasteiger partial charge in [0, 0.05) is 30.8 Å². The fourth-order valence-corrected chi connectivity index (χ4v) is 3.61. The predicted molar refractivity (Wildman–Crippen MR) is 105 cm³/mol. The maximum absolute atomic E-state index is 12.9. The molecule has 1 aromatic carbocycles. The number of pyridine rings is 1.